The fourth-order valence-corrected chi connectivity index (χ4v) is 4.50. The molecule has 1 N–H and O–H groups in total. The van der Waals surface area contributed by atoms with Crippen molar-refractivity contribution in [3.8, 4) is 5.75 Å². The van der Waals surface area contributed by atoms with Crippen LogP contribution < -0.4 is 4.74 Å². The first-order chi connectivity index (χ1) is 16.5. The van der Waals surface area contributed by atoms with Crippen LogP contribution in [-0.4, -0.2) is 36.2 Å². The summed E-state index contributed by atoms with van der Waals surface area (Å²) in [6.45, 7) is 10.0. The summed E-state index contributed by atoms with van der Waals surface area (Å²) < 4.78 is 5.97. The van der Waals surface area contributed by atoms with Crippen molar-refractivity contribution in [2.24, 2.45) is 0 Å². The van der Waals surface area contributed by atoms with E-state index in [0.29, 0.717) is 13.0 Å². The Labute approximate surface area is 203 Å². The molecule has 0 spiro atoms. The number of rotatable bonds is 10. The molecule has 0 fully saturated rings. The van der Waals surface area contributed by atoms with E-state index in [1.807, 2.05) is 36.4 Å². The first-order valence-corrected chi connectivity index (χ1v) is 12.2. The van der Waals surface area contributed by atoms with E-state index >= 15 is 0 Å². The van der Waals surface area contributed by atoms with E-state index in [0.717, 1.165) is 42.1 Å². The SMILES string of the molecule is CCN(CC)CCOc1ccc(C(O)(Cc2ccc3ccccc3c2)c2ccc(C)cc2)cc1. The lowest BCUT2D eigenvalue weighted by Crippen LogP contribution is -2.30. The van der Waals surface area contributed by atoms with Gasteiger partial charge in [-0.15, -0.1) is 0 Å². The van der Waals surface area contributed by atoms with E-state index in [1.54, 1.807) is 0 Å². The number of hydrogen-bond donors (Lipinski definition) is 1. The van der Waals surface area contributed by atoms with Crippen LogP contribution in [0.25, 0.3) is 10.8 Å². The zero-order chi connectivity index (χ0) is 24.0. The summed E-state index contributed by atoms with van der Waals surface area (Å²) in [7, 11) is 0. The van der Waals surface area contributed by atoms with Crippen LogP contribution >= 0.6 is 0 Å². The molecule has 0 saturated heterocycles. The molecule has 3 heteroatoms. The Hall–Kier alpha value is -3.14. The zero-order valence-corrected chi connectivity index (χ0v) is 20.5. The zero-order valence-electron chi connectivity index (χ0n) is 20.5. The first kappa shape index (κ1) is 24.0. The van der Waals surface area contributed by atoms with Crippen molar-refractivity contribution in [2.75, 3.05) is 26.2 Å². The lowest BCUT2D eigenvalue weighted by molar-refractivity contribution is 0.0811. The molecule has 1 atom stereocenters. The Morgan fingerprint density at radius 2 is 1.38 bits per heavy atom. The van der Waals surface area contributed by atoms with Gasteiger partial charge in [0.25, 0.3) is 0 Å². The normalized spacial score (nSPS) is 13.2. The summed E-state index contributed by atoms with van der Waals surface area (Å²) >= 11 is 0. The van der Waals surface area contributed by atoms with E-state index < -0.39 is 5.60 Å². The smallest absolute Gasteiger partial charge is 0.119 e. The van der Waals surface area contributed by atoms with Crippen molar-refractivity contribution < 1.29 is 9.84 Å². The second kappa shape index (κ2) is 10.9. The minimum atomic E-state index is -1.14. The van der Waals surface area contributed by atoms with Gasteiger partial charge < -0.3 is 14.7 Å². The van der Waals surface area contributed by atoms with Crippen LogP contribution in [0.15, 0.2) is 91.0 Å². The van der Waals surface area contributed by atoms with Gasteiger partial charge in [-0.3, -0.25) is 0 Å². The van der Waals surface area contributed by atoms with Gasteiger partial charge in [-0.05, 0) is 59.6 Å². The van der Waals surface area contributed by atoms with Crippen molar-refractivity contribution in [2.45, 2.75) is 32.8 Å². The van der Waals surface area contributed by atoms with Crippen molar-refractivity contribution >= 4 is 10.8 Å². The van der Waals surface area contributed by atoms with Crippen LogP contribution in [0.1, 0.15) is 36.1 Å². The molecule has 176 valence electrons. The summed E-state index contributed by atoms with van der Waals surface area (Å²) in [5.74, 6) is 0.827. The van der Waals surface area contributed by atoms with Crippen LogP contribution in [0.2, 0.25) is 0 Å². The molecular weight excluding hydrogens is 418 g/mol. The molecule has 0 amide bonds. The van der Waals surface area contributed by atoms with Gasteiger partial charge in [0.2, 0.25) is 0 Å². The highest BCUT2D eigenvalue weighted by atomic mass is 16.5. The van der Waals surface area contributed by atoms with Crippen molar-refractivity contribution in [1.29, 1.82) is 0 Å². The first-order valence-electron chi connectivity index (χ1n) is 12.2. The van der Waals surface area contributed by atoms with Gasteiger partial charge in [0.1, 0.15) is 18.0 Å². The molecule has 0 saturated carbocycles. The summed E-state index contributed by atoms with van der Waals surface area (Å²) in [5.41, 5.74) is 2.88. The van der Waals surface area contributed by atoms with E-state index in [-0.39, 0.29) is 0 Å². The molecule has 4 aromatic carbocycles. The van der Waals surface area contributed by atoms with Gasteiger partial charge in [-0.25, -0.2) is 0 Å². The van der Waals surface area contributed by atoms with Crippen LogP contribution in [0, 0.1) is 6.92 Å². The molecule has 0 heterocycles. The second-order valence-corrected chi connectivity index (χ2v) is 8.98. The fourth-order valence-electron chi connectivity index (χ4n) is 4.50. The molecular formula is C31H35NO2. The summed E-state index contributed by atoms with van der Waals surface area (Å²) in [5, 5.41) is 14.5. The Morgan fingerprint density at radius 3 is 2.03 bits per heavy atom. The molecule has 0 aliphatic carbocycles. The molecule has 0 radical (unpaired) electrons. The van der Waals surface area contributed by atoms with Crippen LogP contribution in [-0.2, 0) is 12.0 Å². The number of aliphatic hydroxyl groups is 1. The Bertz CT molecular complexity index is 1200. The predicted molar refractivity (Wildman–Crippen MR) is 142 cm³/mol. The van der Waals surface area contributed by atoms with Gasteiger partial charge in [0.15, 0.2) is 0 Å². The highest BCUT2D eigenvalue weighted by Gasteiger charge is 2.32. The number of benzene rings is 4. The van der Waals surface area contributed by atoms with E-state index in [1.165, 1.54) is 16.3 Å². The molecule has 4 rings (SSSR count). The number of fused-ring (bicyclic) bond motifs is 1. The fraction of sp³-hybridized carbons (Fsp3) is 0.290. The number of likely N-dealkylation sites (N-methyl/N-ethyl adjacent to an activating group) is 1. The number of aryl methyl sites for hydroxylation is 1. The van der Waals surface area contributed by atoms with Gasteiger partial charge in [0, 0.05) is 13.0 Å². The monoisotopic (exact) mass is 453 g/mol. The molecule has 0 aromatic heterocycles. The lowest BCUT2D eigenvalue weighted by Gasteiger charge is -2.30. The van der Waals surface area contributed by atoms with Crippen LogP contribution in [0.4, 0.5) is 0 Å². The quantitative estimate of drug-likeness (QED) is 0.304. The Kier molecular flexibility index (Phi) is 7.66. The maximum Gasteiger partial charge on any atom is 0.119 e. The predicted octanol–water partition coefficient (Wildman–Crippen LogP) is 6.35. The minimum Gasteiger partial charge on any atom is -0.492 e. The molecule has 0 aliphatic heterocycles. The van der Waals surface area contributed by atoms with Crippen molar-refractivity contribution in [3.63, 3.8) is 0 Å². The highest BCUT2D eigenvalue weighted by molar-refractivity contribution is 5.83. The summed E-state index contributed by atoms with van der Waals surface area (Å²) in [4.78, 5) is 2.34. The lowest BCUT2D eigenvalue weighted by atomic mass is 9.81. The van der Waals surface area contributed by atoms with Gasteiger partial charge in [0.05, 0.1) is 0 Å². The van der Waals surface area contributed by atoms with Crippen molar-refractivity contribution in [3.05, 3.63) is 113 Å². The summed E-state index contributed by atoms with van der Waals surface area (Å²) in [6, 6.07) is 30.9. The van der Waals surface area contributed by atoms with Gasteiger partial charge >= 0.3 is 0 Å². The summed E-state index contributed by atoms with van der Waals surface area (Å²) in [6.07, 6.45) is 0.489. The minimum absolute atomic E-state index is 0.489. The highest BCUT2D eigenvalue weighted by Crippen LogP contribution is 2.35. The molecule has 4 aromatic rings. The molecule has 3 nitrogen and oxygen atoms in total. The van der Waals surface area contributed by atoms with E-state index in [9.17, 15) is 5.11 Å². The van der Waals surface area contributed by atoms with E-state index in [2.05, 4.69) is 80.3 Å². The average molecular weight is 454 g/mol. The van der Waals surface area contributed by atoms with Gasteiger partial charge in [-0.1, -0.05) is 98.3 Å². The Balaban J connectivity index is 1.61. The largest absolute Gasteiger partial charge is 0.492 e. The molecule has 0 bridgehead atoms. The number of ether oxygens (including phenoxy) is 1. The number of nitrogens with zero attached hydrogens (tertiary/aromatic N) is 1. The van der Waals surface area contributed by atoms with Crippen LogP contribution in [0.5, 0.6) is 5.75 Å². The number of hydrogen-bond acceptors (Lipinski definition) is 3. The van der Waals surface area contributed by atoms with E-state index in [4.69, 9.17) is 4.74 Å². The third kappa shape index (κ3) is 5.49. The van der Waals surface area contributed by atoms with Gasteiger partial charge in [-0.2, -0.15) is 0 Å². The second-order valence-electron chi connectivity index (χ2n) is 8.98. The maximum absolute atomic E-state index is 12.1. The average Bonchev–Trinajstić information content (AvgIpc) is 2.87. The van der Waals surface area contributed by atoms with Crippen molar-refractivity contribution in [1.82, 2.24) is 4.90 Å². The molecule has 0 aliphatic rings. The Morgan fingerprint density at radius 1 is 0.765 bits per heavy atom. The standard InChI is InChI=1S/C31H35NO2/c1-4-32(5-2)20-21-34-30-18-16-29(17-19-30)31(33,28-14-10-24(3)11-15-28)23-25-12-13-26-8-6-7-9-27(26)22-25/h6-19,22,33H,4-5,20-21,23H2,1-3H3. The maximum atomic E-state index is 12.1. The topological polar surface area (TPSA) is 32.7 Å². The third-order valence-electron chi connectivity index (χ3n) is 6.71. The molecule has 1 unspecified atom stereocenters. The van der Waals surface area contributed by atoms with Crippen LogP contribution in [0.3, 0.4) is 0 Å². The molecule has 34 heavy (non-hydrogen) atoms. The third-order valence-corrected chi connectivity index (χ3v) is 6.71.